The van der Waals surface area contributed by atoms with Crippen molar-refractivity contribution < 1.29 is 9.59 Å². The fourth-order valence-corrected chi connectivity index (χ4v) is 3.59. The second kappa shape index (κ2) is 8.46. The molecule has 2 aromatic carbocycles. The Labute approximate surface area is 190 Å². The third-order valence-corrected chi connectivity index (χ3v) is 5.28. The van der Waals surface area contributed by atoms with Crippen LogP contribution >= 0.6 is 0 Å². The SMILES string of the molecule is Cn1ccc(N2Cc3c(Nc4ccc(NC(=O)c5ccccc5)cc4)ccnc3NC2=O)n1. The Kier molecular flexibility index (Phi) is 5.19. The summed E-state index contributed by atoms with van der Waals surface area (Å²) in [6.07, 6.45) is 3.44. The summed E-state index contributed by atoms with van der Waals surface area (Å²) >= 11 is 0. The van der Waals surface area contributed by atoms with Gasteiger partial charge in [0.1, 0.15) is 5.82 Å². The minimum Gasteiger partial charge on any atom is -0.355 e. The largest absolute Gasteiger partial charge is 0.355 e. The molecule has 0 radical (unpaired) electrons. The van der Waals surface area contributed by atoms with Crippen LogP contribution in [0.25, 0.3) is 0 Å². The minimum atomic E-state index is -0.274. The van der Waals surface area contributed by atoms with E-state index in [9.17, 15) is 9.59 Å². The van der Waals surface area contributed by atoms with E-state index in [4.69, 9.17) is 0 Å². The quantitative estimate of drug-likeness (QED) is 0.429. The van der Waals surface area contributed by atoms with Crippen LogP contribution in [0.15, 0.2) is 79.1 Å². The van der Waals surface area contributed by atoms with Gasteiger partial charge in [-0.3, -0.25) is 19.7 Å². The van der Waals surface area contributed by atoms with Gasteiger partial charge in [0.15, 0.2) is 5.82 Å². The number of nitrogens with zero attached hydrogens (tertiary/aromatic N) is 4. The van der Waals surface area contributed by atoms with Crippen molar-refractivity contribution in [2.24, 2.45) is 7.05 Å². The van der Waals surface area contributed by atoms with Gasteiger partial charge >= 0.3 is 6.03 Å². The summed E-state index contributed by atoms with van der Waals surface area (Å²) in [6.45, 7) is 0.333. The van der Waals surface area contributed by atoms with Crippen molar-refractivity contribution in [2.75, 3.05) is 20.9 Å². The molecule has 1 aliphatic heterocycles. The molecule has 0 saturated carbocycles. The van der Waals surface area contributed by atoms with Crippen LogP contribution in [0.2, 0.25) is 0 Å². The Balaban J connectivity index is 1.33. The third kappa shape index (κ3) is 4.24. The predicted octanol–water partition coefficient (Wildman–Crippen LogP) is 4.36. The van der Waals surface area contributed by atoms with Gasteiger partial charge in [-0.05, 0) is 42.5 Å². The van der Waals surface area contributed by atoms with E-state index < -0.39 is 0 Å². The zero-order valence-corrected chi connectivity index (χ0v) is 17.8. The van der Waals surface area contributed by atoms with Gasteiger partial charge in [0.25, 0.3) is 5.91 Å². The minimum absolute atomic E-state index is 0.162. The van der Waals surface area contributed by atoms with Gasteiger partial charge in [-0.1, -0.05) is 18.2 Å². The molecule has 3 N–H and O–H groups in total. The molecule has 0 saturated heterocycles. The molecule has 3 amide bonds. The topological polar surface area (TPSA) is 104 Å². The number of pyridine rings is 1. The number of rotatable bonds is 5. The number of fused-ring (bicyclic) bond motifs is 1. The molecule has 5 rings (SSSR count). The lowest BCUT2D eigenvalue weighted by molar-refractivity contribution is 0.102. The summed E-state index contributed by atoms with van der Waals surface area (Å²) in [6, 6.07) is 19.9. The fraction of sp³-hybridized carbons (Fsp3) is 0.0833. The highest BCUT2D eigenvalue weighted by atomic mass is 16.2. The Morgan fingerprint density at radius 2 is 1.76 bits per heavy atom. The van der Waals surface area contributed by atoms with Crippen molar-refractivity contribution in [3.05, 3.63) is 90.3 Å². The number of carbonyl (C=O) groups excluding carboxylic acids is 2. The lowest BCUT2D eigenvalue weighted by atomic mass is 10.1. The second-order valence-electron chi connectivity index (χ2n) is 7.57. The number of hydrogen-bond acceptors (Lipinski definition) is 5. The first kappa shape index (κ1) is 20.3. The number of benzene rings is 2. The van der Waals surface area contributed by atoms with E-state index in [1.807, 2.05) is 48.5 Å². The molecule has 0 fully saturated rings. The van der Waals surface area contributed by atoms with E-state index in [2.05, 4.69) is 26.0 Å². The van der Waals surface area contributed by atoms with Gasteiger partial charge in [0.2, 0.25) is 0 Å². The van der Waals surface area contributed by atoms with Crippen molar-refractivity contribution >= 4 is 40.6 Å². The summed E-state index contributed by atoms with van der Waals surface area (Å²) in [5.74, 6) is 0.919. The average molecular weight is 439 g/mol. The van der Waals surface area contributed by atoms with Gasteiger partial charge in [-0.15, -0.1) is 0 Å². The molecule has 0 unspecified atom stereocenters. The van der Waals surface area contributed by atoms with Crippen LogP contribution in [-0.2, 0) is 13.6 Å². The molecule has 0 spiro atoms. The fourth-order valence-electron chi connectivity index (χ4n) is 3.59. The molecular formula is C24H21N7O2. The van der Waals surface area contributed by atoms with Crippen LogP contribution in [-0.4, -0.2) is 26.7 Å². The van der Waals surface area contributed by atoms with Crippen molar-refractivity contribution in [3.63, 3.8) is 0 Å². The molecular weight excluding hydrogens is 418 g/mol. The molecule has 0 aliphatic carbocycles. The summed E-state index contributed by atoms with van der Waals surface area (Å²) in [5.41, 5.74) is 3.80. The van der Waals surface area contributed by atoms with Crippen molar-refractivity contribution in [3.8, 4) is 0 Å². The van der Waals surface area contributed by atoms with Crippen LogP contribution in [0.3, 0.4) is 0 Å². The maximum absolute atomic E-state index is 12.5. The number of aryl methyl sites for hydroxylation is 1. The molecule has 3 heterocycles. The molecule has 164 valence electrons. The lowest BCUT2D eigenvalue weighted by Gasteiger charge is -2.28. The molecule has 9 heteroatoms. The van der Waals surface area contributed by atoms with E-state index in [0.717, 1.165) is 16.9 Å². The van der Waals surface area contributed by atoms with Crippen molar-refractivity contribution in [1.29, 1.82) is 0 Å². The number of urea groups is 1. The summed E-state index contributed by atoms with van der Waals surface area (Å²) in [7, 11) is 1.81. The van der Waals surface area contributed by atoms with Gasteiger partial charge in [-0.25, -0.2) is 9.78 Å². The Bertz CT molecular complexity index is 1320. The molecule has 33 heavy (non-hydrogen) atoms. The number of hydrogen-bond donors (Lipinski definition) is 3. The number of nitrogens with one attached hydrogen (secondary N) is 3. The zero-order valence-electron chi connectivity index (χ0n) is 17.8. The number of anilines is 5. The second-order valence-corrected chi connectivity index (χ2v) is 7.57. The highest BCUT2D eigenvalue weighted by Gasteiger charge is 2.28. The monoisotopic (exact) mass is 439 g/mol. The van der Waals surface area contributed by atoms with E-state index in [0.29, 0.717) is 29.4 Å². The van der Waals surface area contributed by atoms with E-state index in [-0.39, 0.29) is 11.9 Å². The number of aromatic nitrogens is 3. The Hall–Kier alpha value is -4.66. The first-order valence-electron chi connectivity index (χ1n) is 10.4. The van der Waals surface area contributed by atoms with E-state index in [1.54, 1.807) is 47.2 Å². The normalized spacial score (nSPS) is 12.6. The molecule has 1 aliphatic rings. The van der Waals surface area contributed by atoms with E-state index in [1.165, 1.54) is 0 Å². The molecule has 9 nitrogen and oxygen atoms in total. The maximum atomic E-state index is 12.5. The zero-order chi connectivity index (χ0) is 22.8. The Morgan fingerprint density at radius 1 is 1.00 bits per heavy atom. The first-order valence-corrected chi connectivity index (χ1v) is 10.4. The Morgan fingerprint density at radius 3 is 2.48 bits per heavy atom. The van der Waals surface area contributed by atoms with Crippen molar-refractivity contribution in [2.45, 2.75) is 6.54 Å². The molecule has 0 atom stereocenters. The van der Waals surface area contributed by atoms with E-state index >= 15 is 0 Å². The number of carbonyl (C=O) groups is 2. The average Bonchev–Trinajstić information content (AvgIpc) is 3.26. The van der Waals surface area contributed by atoms with Crippen LogP contribution < -0.4 is 20.9 Å². The van der Waals surface area contributed by atoms with Crippen LogP contribution in [0.4, 0.5) is 33.5 Å². The van der Waals surface area contributed by atoms with Gasteiger partial charge in [-0.2, -0.15) is 5.10 Å². The van der Waals surface area contributed by atoms with Gasteiger partial charge < -0.3 is 10.6 Å². The molecule has 4 aromatic rings. The van der Waals surface area contributed by atoms with Gasteiger partial charge in [0, 0.05) is 53.7 Å². The van der Waals surface area contributed by atoms with Crippen molar-refractivity contribution in [1.82, 2.24) is 14.8 Å². The highest BCUT2D eigenvalue weighted by molar-refractivity contribution is 6.05. The predicted molar refractivity (Wildman–Crippen MR) is 127 cm³/mol. The third-order valence-electron chi connectivity index (χ3n) is 5.28. The van der Waals surface area contributed by atoms with Gasteiger partial charge in [0.05, 0.1) is 6.54 Å². The van der Waals surface area contributed by atoms with Crippen LogP contribution in [0.1, 0.15) is 15.9 Å². The lowest BCUT2D eigenvalue weighted by Crippen LogP contribution is -2.39. The molecule has 0 bridgehead atoms. The summed E-state index contributed by atoms with van der Waals surface area (Å²) in [5, 5.41) is 13.4. The smallest absolute Gasteiger partial charge is 0.329 e. The summed E-state index contributed by atoms with van der Waals surface area (Å²) in [4.78, 5) is 30.8. The highest BCUT2D eigenvalue weighted by Crippen LogP contribution is 2.32. The maximum Gasteiger partial charge on any atom is 0.329 e. The summed E-state index contributed by atoms with van der Waals surface area (Å²) < 4.78 is 1.65. The standard InChI is InChI=1S/C24H21N7O2/c1-30-14-12-21(29-30)31-15-19-20(11-13-25-22(19)28-24(31)33)26-17-7-9-18(10-8-17)27-23(32)16-5-3-2-4-6-16/h2-14H,15H2,1H3,(H,27,32)(H2,25,26,28,33). The number of amides is 3. The molecule has 2 aromatic heterocycles. The first-order chi connectivity index (χ1) is 16.1. The van der Waals surface area contributed by atoms with Crippen LogP contribution in [0.5, 0.6) is 0 Å². The van der Waals surface area contributed by atoms with Crippen LogP contribution in [0, 0.1) is 0 Å².